The number of rotatable bonds is 6. The van der Waals surface area contributed by atoms with E-state index in [1.807, 2.05) is 24.5 Å². The molecule has 40 heavy (non-hydrogen) atoms. The summed E-state index contributed by atoms with van der Waals surface area (Å²) < 4.78 is 0. The van der Waals surface area contributed by atoms with E-state index in [0.29, 0.717) is 0 Å². The van der Waals surface area contributed by atoms with Crippen LogP contribution in [0.3, 0.4) is 0 Å². The van der Waals surface area contributed by atoms with Crippen LogP contribution < -0.4 is 4.90 Å². The van der Waals surface area contributed by atoms with Crippen molar-refractivity contribution in [3.05, 3.63) is 131 Å². The molecular formula is C34H35N6+. The minimum Gasteiger partial charge on any atom is -0.358 e. The van der Waals surface area contributed by atoms with Gasteiger partial charge in [0.2, 0.25) is 0 Å². The summed E-state index contributed by atoms with van der Waals surface area (Å²) in [6, 6.07) is 30.2. The number of piperazine rings is 1. The van der Waals surface area contributed by atoms with Gasteiger partial charge in [0, 0.05) is 69.8 Å². The van der Waals surface area contributed by atoms with Crippen LogP contribution in [0.15, 0.2) is 97.3 Å². The van der Waals surface area contributed by atoms with Crippen molar-refractivity contribution in [2.45, 2.75) is 25.9 Å². The summed E-state index contributed by atoms with van der Waals surface area (Å²) in [5.74, 6) is 0. The molecule has 2 aromatic carbocycles. The van der Waals surface area contributed by atoms with Crippen LogP contribution in [-0.2, 0) is 0 Å². The number of hydrogen-bond acceptors (Lipinski definition) is 3. The lowest BCUT2D eigenvalue weighted by atomic mass is 9.95. The van der Waals surface area contributed by atoms with Crippen LogP contribution in [0.4, 0.5) is 0 Å². The topological polar surface area (TPSA) is 65.0 Å². The zero-order chi connectivity index (χ0) is 27.1. The van der Waals surface area contributed by atoms with Crippen LogP contribution in [0.25, 0.3) is 21.8 Å². The molecular weight excluding hydrogens is 492 g/mol. The zero-order valence-electron chi connectivity index (χ0n) is 23.1. The molecule has 5 heterocycles. The fraction of sp³-hybridized carbons (Fsp3) is 0.235. The molecule has 6 heteroatoms. The van der Waals surface area contributed by atoms with Gasteiger partial charge in [-0.1, -0.05) is 48.5 Å². The Morgan fingerprint density at radius 1 is 0.650 bits per heavy atom. The molecule has 200 valence electrons. The first kappa shape index (κ1) is 24.8. The van der Waals surface area contributed by atoms with Gasteiger partial charge in [0.15, 0.2) is 6.04 Å². The fourth-order valence-corrected chi connectivity index (χ4v) is 6.84. The molecule has 2 atom stereocenters. The maximum Gasteiger partial charge on any atom is 0.158 e. The van der Waals surface area contributed by atoms with Crippen molar-refractivity contribution in [3.8, 4) is 0 Å². The number of nitrogens with zero attached hydrogens (tertiary/aromatic N) is 3. The zero-order valence-corrected chi connectivity index (χ0v) is 23.1. The highest BCUT2D eigenvalue weighted by Crippen LogP contribution is 2.36. The average Bonchev–Trinajstić information content (AvgIpc) is 3.51. The van der Waals surface area contributed by atoms with E-state index in [9.17, 15) is 0 Å². The van der Waals surface area contributed by atoms with Gasteiger partial charge < -0.3 is 14.9 Å². The Bertz CT molecular complexity index is 1610. The SMILES string of the molecule is Cc1[nH]c2ccccc2c1C(c1ccccn1)N1CC[NH+](C(c2ccccn2)c2c(C)[nH]c3ccccc23)CC1. The molecule has 0 bridgehead atoms. The van der Waals surface area contributed by atoms with Crippen LogP contribution in [0.1, 0.15) is 46.0 Å². The Labute approximate surface area is 234 Å². The Kier molecular flexibility index (Phi) is 6.42. The van der Waals surface area contributed by atoms with E-state index in [0.717, 1.165) is 37.6 Å². The number of quaternary nitrogens is 1. The van der Waals surface area contributed by atoms with Crippen molar-refractivity contribution in [2.75, 3.05) is 26.2 Å². The number of fused-ring (bicyclic) bond motifs is 2. The first-order chi connectivity index (χ1) is 19.7. The van der Waals surface area contributed by atoms with Gasteiger partial charge in [0.25, 0.3) is 0 Å². The van der Waals surface area contributed by atoms with Crippen molar-refractivity contribution in [1.29, 1.82) is 0 Å². The predicted octanol–water partition coefficient (Wildman–Crippen LogP) is 5.14. The van der Waals surface area contributed by atoms with Gasteiger partial charge in [-0.15, -0.1) is 0 Å². The monoisotopic (exact) mass is 527 g/mol. The number of pyridine rings is 2. The highest BCUT2D eigenvalue weighted by Gasteiger charge is 2.37. The van der Waals surface area contributed by atoms with E-state index in [1.54, 1.807) is 4.90 Å². The van der Waals surface area contributed by atoms with Crippen molar-refractivity contribution >= 4 is 21.8 Å². The number of nitrogens with one attached hydrogen (secondary N) is 3. The summed E-state index contributed by atoms with van der Waals surface area (Å²) in [5.41, 5.74) is 9.77. The van der Waals surface area contributed by atoms with Gasteiger partial charge >= 0.3 is 0 Å². The number of H-pyrrole nitrogens is 2. The number of aromatic amines is 2. The average molecular weight is 528 g/mol. The Morgan fingerprint density at radius 2 is 1.18 bits per heavy atom. The molecule has 0 spiro atoms. The minimum absolute atomic E-state index is 0.0991. The van der Waals surface area contributed by atoms with Crippen molar-refractivity contribution < 1.29 is 4.90 Å². The number of hydrogen-bond donors (Lipinski definition) is 3. The van der Waals surface area contributed by atoms with Gasteiger partial charge in [-0.25, -0.2) is 0 Å². The van der Waals surface area contributed by atoms with Crippen LogP contribution >= 0.6 is 0 Å². The third-order valence-corrected chi connectivity index (χ3v) is 8.61. The molecule has 0 amide bonds. The van der Waals surface area contributed by atoms with Crippen LogP contribution in [0, 0.1) is 13.8 Å². The van der Waals surface area contributed by atoms with E-state index >= 15 is 0 Å². The van der Waals surface area contributed by atoms with E-state index in [4.69, 9.17) is 9.97 Å². The third-order valence-electron chi connectivity index (χ3n) is 8.61. The minimum atomic E-state index is 0.0991. The highest BCUT2D eigenvalue weighted by molar-refractivity contribution is 5.86. The van der Waals surface area contributed by atoms with E-state index in [-0.39, 0.29) is 12.1 Å². The summed E-state index contributed by atoms with van der Waals surface area (Å²) in [6.07, 6.45) is 3.85. The maximum absolute atomic E-state index is 4.88. The van der Waals surface area contributed by atoms with Crippen LogP contribution in [-0.4, -0.2) is 51.0 Å². The molecule has 1 fully saturated rings. The molecule has 1 aliphatic heterocycles. The first-order valence-electron chi connectivity index (χ1n) is 14.2. The van der Waals surface area contributed by atoms with E-state index in [2.05, 4.69) is 102 Å². The summed E-state index contributed by atoms with van der Waals surface area (Å²) in [6.45, 7) is 8.39. The molecule has 7 rings (SSSR count). The molecule has 0 aliphatic carbocycles. The molecule has 4 aromatic heterocycles. The molecule has 3 N–H and O–H groups in total. The normalized spacial score (nSPS) is 16.4. The number of benzene rings is 2. The largest absolute Gasteiger partial charge is 0.358 e. The Hall–Kier alpha value is -4.26. The summed E-state index contributed by atoms with van der Waals surface area (Å²) in [7, 11) is 0. The Balaban J connectivity index is 1.25. The van der Waals surface area contributed by atoms with Crippen molar-refractivity contribution in [3.63, 3.8) is 0 Å². The molecule has 0 radical (unpaired) electrons. The molecule has 6 nitrogen and oxygen atoms in total. The summed E-state index contributed by atoms with van der Waals surface area (Å²) in [5, 5.41) is 2.58. The lowest BCUT2D eigenvalue weighted by Gasteiger charge is -2.40. The second-order valence-electron chi connectivity index (χ2n) is 11.0. The number of aromatic nitrogens is 4. The van der Waals surface area contributed by atoms with Crippen LogP contribution in [0.2, 0.25) is 0 Å². The molecule has 2 unspecified atom stereocenters. The van der Waals surface area contributed by atoms with Crippen molar-refractivity contribution in [1.82, 2.24) is 24.8 Å². The van der Waals surface area contributed by atoms with Crippen molar-refractivity contribution in [2.24, 2.45) is 0 Å². The quantitative estimate of drug-likeness (QED) is 0.281. The first-order valence-corrected chi connectivity index (χ1v) is 14.2. The summed E-state index contributed by atoms with van der Waals surface area (Å²) >= 11 is 0. The van der Waals surface area contributed by atoms with Gasteiger partial charge in [-0.3, -0.25) is 14.9 Å². The molecule has 0 saturated carbocycles. The molecule has 6 aromatic rings. The van der Waals surface area contributed by atoms with Gasteiger partial charge in [0.05, 0.1) is 24.8 Å². The fourth-order valence-electron chi connectivity index (χ4n) is 6.84. The lowest BCUT2D eigenvalue weighted by Crippen LogP contribution is -3.15. The summed E-state index contributed by atoms with van der Waals surface area (Å²) in [4.78, 5) is 21.2. The van der Waals surface area contributed by atoms with Crippen LogP contribution in [0.5, 0.6) is 0 Å². The van der Waals surface area contributed by atoms with E-state index in [1.165, 1.54) is 44.3 Å². The maximum atomic E-state index is 4.88. The molecule has 1 saturated heterocycles. The third kappa shape index (κ3) is 4.30. The van der Waals surface area contributed by atoms with E-state index < -0.39 is 0 Å². The van der Waals surface area contributed by atoms with Gasteiger partial charge in [-0.05, 0) is 50.2 Å². The number of para-hydroxylation sites is 2. The van der Waals surface area contributed by atoms with Gasteiger partial charge in [0.1, 0.15) is 5.69 Å². The van der Waals surface area contributed by atoms with Gasteiger partial charge in [-0.2, -0.15) is 0 Å². The predicted molar refractivity (Wildman–Crippen MR) is 161 cm³/mol. The highest BCUT2D eigenvalue weighted by atomic mass is 15.3. The number of aryl methyl sites for hydroxylation is 2. The Morgan fingerprint density at radius 3 is 1.77 bits per heavy atom. The standard InChI is InChI=1S/C34H34N6/c1-23-31(25-11-3-5-13-27(25)37-23)33(29-15-7-9-17-35-29)39-19-21-40(22-20-39)34(30-16-8-10-18-36-30)32-24(2)38-28-14-6-4-12-26(28)32/h3-18,33-34,37-38H,19-22H2,1-2H3/p+1. The smallest absolute Gasteiger partial charge is 0.158 e. The second-order valence-corrected chi connectivity index (χ2v) is 11.0. The lowest BCUT2D eigenvalue weighted by molar-refractivity contribution is -0.930. The second kappa shape index (κ2) is 10.4. The molecule has 1 aliphatic rings.